The van der Waals surface area contributed by atoms with E-state index in [0.717, 1.165) is 59.4 Å². The first-order valence-corrected chi connectivity index (χ1v) is 22.4. The smallest absolute Gasteiger partial charge is 0.166 e. The Balaban J connectivity index is 1.44. The molecule has 0 aliphatic heterocycles. The van der Waals surface area contributed by atoms with Crippen LogP contribution < -0.4 is 0 Å². The second-order valence-corrected chi connectivity index (χ2v) is 20.1. The normalized spacial score (nSPS) is 17.2. The molecule has 2 aliphatic rings. The highest BCUT2D eigenvalue weighted by atomic mass is 28.2. The average molecular weight is 907 g/mol. The molecule has 0 aromatic heterocycles. The lowest BCUT2D eigenvalue weighted by molar-refractivity contribution is -0.144. The summed E-state index contributed by atoms with van der Waals surface area (Å²) in [7, 11) is 0.289. The summed E-state index contributed by atoms with van der Waals surface area (Å²) in [5.74, 6) is -0.355. The maximum atomic E-state index is 14.2. The van der Waals surface area contributed by atoms with Crippen LogP contribution in [0.5, 0.6) is 0 Å². The number of hydrogen-bond donors (Lipinski definition) is 0. The van der Waals surface area contributed by atoms with E-state index in [1.807, 2.05) is 91.8 Å². The van der Waals surface area contributed by atoms with E-state index >= 15 is 0 Å². The van der Waals surface area contributed by atoms with Gasteiger partial charge in [0.1, 0.15) is 0 Å². The third-order valence-electron chi connectivity index (χ3n) is 12.0. The predicted molar refractivity (Wildman–Crippen MR) is 228 cm³/mol. The Hall–Kier alpha value is -4.26. The molecule has 0 heterocycles. The fourth-order valence-corrected chi connectivity index (χ4v) is 10.9. The van der Waals surface area contributed by atoms with Crippen molar-refractivity contribution >= 4 is 21.7 Å². The minimum Gasteiger partial charge on any atom is -0.166 e. The monoisotopic (exact) mass is 906 g/mol. The van der Waals surface area contributed by atoms with Crippen LogP contribution >= 0.6 is 0 Å². The molecule has 338 valence electrons. The number of hydrogen-bond acceptors (Lipinski definition) is 0. The van der Waals surface area contributed by atoms with Crippen LogP contribution in [0.4, 0.5) is 52.7 Å². The highest BCUT2D eigenvalue weighted by Gasteiger charge is 2.41. The fourth-order valence-electron chi connectivity index (χ4n) is 9.16. The molecule has 2 aliphatic carbocycles. The third kappa shape index (κ3) is 10.0. The predicted octanol–water partition coefficient (Wildman–Crippen LogP) is 17.5. The lowest BCUT2D eigenvalue weighted by atomic mass is 9.78. The van der Waals surface area contributed by atoms with Crippen molar-refractivity contribution in [1.82, 2.24) is 0 Å². The Kier molecular flexibility index (Phi) is 13.0. The lowest BCUT2D eigenvalue weighted by Crippen LogP contribution is -2.16. The van der Waals surface area contributed by atoms with Crippen molar-refractivity contribution in [2.24, 2.45) is 0 Å². The SMILES string of the molecule is CCCC1=Cc2c(ccc(C(C)(C)C)c2-c2cc(C(F)(F)F)cc(C(F)(F)F)c2)C1C[Si]CC1C(CCC)=Cc2c1ccc(C(C)(C)C)c2-c1cc(C(F)(F)F)cc(C(F)(F)F)c1. The molecule has 6 rings (SSSR count). The summed E-state index contributed by atoms with van der Waals surface area (Å²) in [5, 5.41) is 0. The van der Waals surface area contributed by atoms with Gasteiger partial charge in [0.15, 0.2) is 0 Å². The second kappa shape index (κ2) is 16.9. The number of benzene rings is 4. The molecule has 0 spiro atoms. The van der Waals surface area contributed by atoms with Gasteiger partial charge in [0, 0.05) is 21.4 Å². The zero-order chi connectivity index (χ0) is 46.8. The molecule has 0 N–H and O–H groups in total. The summed E-state index contributed by atoms with van der Waals surface area (Å²) in [6.45, 7) is 15.2. The quantitative estimate of drug-likeness (QED) is 0.110. The molecule has 4 aromatic carbocycles. The first kappa shape index (κ1) is 48.2. The Bertz CT molecular complexity index is 2190. The van der Waals surface area contributed by atoms with Crippen LogP contribution in [-0.4, -0.2) is 9.52 Å². The molecule has 0 saturated carbocycles. The first-order chi connectivity index (χ1) is 28.9. The van der Waals surface area contributed by atoms with Gasteiger partial charge < -0.3 is 0 Å². The summed E-state index contributed by atoms with van der Waals surface area (Å²) < 4.78 is 170. The van der Waals surface area contributed by atoms with Gasteiger partial charge in [0.2, 0.25) is 0 Å². The van der Waals surface area contributed by atoms with Gasteiger partial charge in [-0.3, -0.25) is 0 Å². The Morgan fingerprint density at radius 2 is 0.746 bits per heavy atom. The van der Waals surface area contributed by atoms with E-state index in [4.69, 9.17) is 0 Å². The zero-order valence-corrected chi connectivity index (χ0v) is 37.4. The molecule has 2 radical (unpaired) electrons. The standard InChI is InChI=1S/C50H50F12Si/c1-9-11-27-21-37-35(13-15-41(45(3,4)5)43(37)29-17-31(47(51,52)53)23-32(18-29)48(54,55)56)39(27)25-63-26-40-28(12-10-2)22-38-36(40)14-16-42(46(6,7)8)44(38)30-19-33(49(57,58)59)24-34(20-30)50(60,61)62/h13-24,39-40H,9-12,25-26H2,1-8H3. The van der Waals surface area contributed by atoms with E-state index in [0.29, 0.717) is 58.3 Å². The Morgan fingerprint density at radius 3 is 1.00 bits per heavy atom. The fraction of sp³-hybridized carbons (Fsp3) is 0.440. The van der Waals surface area contributed by atoms with Crippen molar-refractivity contribution in [3.63, 3.8) is 0 Å². The van der Waals surface area contributed by atoms with E-state index in [2.05, 4.69) is 0 Å². The van der Waals surface area contributed by atoms with E-state index in [-0.39, 0.29) is 44.6 Å². The highest BCUT2D eigenvalue weighted by molar-refractivity contribution is 6.36. The van der Waals surface area contributed by atoms with Gasteiger partial charge in [-0.25, -0.2) is 0 Å². The second-order valence-electron chi connectivity index (χ2n) is 18.8. The van der Waals surface area contributed by atoms with E-state index in [1.165, 1.54) is 0 Å². The van der Waals surface area contributed by atoms with Crippen molar-refractivity contribution in [2.75, 3.05) is 0 Å². The van der Waals surface area contributed by atoms with E-state index < -0.39 is 57.8 Å². The van der Waals surface area contributed by atoms with Gasteiger partial charge in [-0.1, -0.05) is 128 Å². The molecule has 0 saturated heterocycles. The largest absolute Gasteiger partial charge is 0.416 e. The van der Waals surface area contributed by atoms with Gasteiger partial charge in [-0.15, -0.1) is 0 Å². The van der Waals surface area contributed by atoms with E-state index in [9.17, 15) is 52.7 Å². The maximum absolute atomic E-state index is 14.2. The van der Waals surface area contributed by atoms with Crippen LogP contribution in [0, 0.1) is 0 Å². The number of rotatable bonds is 10. The highest BCUT2D eigenvalue weighted by Crippen LogP contribution is 2.52. The summed E-state index contributed by atoms with van der Waals surface area (Å²) in [6, 6.07) is 12.2. The minimum absolute atomic E-state index is 0.139. The van der Waals surface area contributed by atoms with Crippen LogP contribution in [0.25, 0.3) is 34.4 Å². The van der Waals surface area contributed by atoms with Crippen LogP contribution in [-0.2, 0) is 35.5 Å². The summed E-state index contributed by atoms with van der Waals surface area (Å²) in [4.78, 5) is 0. The third-order valence-corrected chi connectivity index (χ3v) is 13.4. The van der Waals surface area contributed by atoms with Gasteiger partial charge in [-0.05, 0) is 116 Å². The molecule has 0 amide bonds. The van der Waals surface area contributed by atoms with Crippen molar-refractivity contribution in [1.29, 1.82) is 0 Å². The molecule has 4 aromatic rings. The van der Waals surface area contributed by atoms with Crippen molar-refractivity contribution in [3.8, 4) is 22.3 Å². The average Bonchev–Trinajstić information content (AvgIpc) is 3.68. The first-order valence-electron chi connectivity index (χ1n) is 21.0. The van der Waals surface area contributed by atoms with Crippen molar-refractivity contribution in [3.05, 3.63) is 127 Å². The maximum Gasteiger partial charge on any atom is 0.416 e. The van der Waals surface area contributed by atoms with Gasteiger partial charge in [-0.2, -0.15) is 52.7 Å². The lowest BCUT2D eigenvalue weighted by Gasteiger charge is -2.27. The molecular weight excluding hydrogens is 857 g/mol. The van der Waals surface area contributed by atoms with Crippen LogP contribution in [0.1, 0.15) is 149 Å². The summed E-state index contributed by atoms with van der Waals surface area (Å²) in [6.07, 6.45) is -13.5. The summed E-state index contributed by atoms with van der Waals surface area (Å²) >= 11 is 0. The number of alkyl halides is 12. The number of allylic oxidation sites excluding steroid dienone is 2. The Labute approximate surface area is 363 Å². The molecule has 13 heteroatoms. The number of halogens is 12. The molecule has 0 bridgehead atoms. The van der Waals surface area contributed by atoms with Crippen LogP contribution in [0.2, 0.25) is 12.1 Å². The topological polar surface area (TPSA) is 0 Å². The van der Waals surface area contributed by atoms with E-state index in [1.54, 1.807) is 0 Å². The van der Waals surface area contributed by atoms with Crippen LogP contribution in [0.3, 0.4) is 0 Å². The molecule has 2 atom stereocenters. The molecule has 63 heavy (non-hydrogen) atoms. The van der Waals surface area contributed by atoms with Gasteiger partial charge >= 0.3 is 24.7 Å². The summed E-state index contributed by atoms with van der Waals surface area (Å²) in [5.41, 5.74) is -0.440. The van der Waals surface area contributed by atoms with Gasteiger partial charge in [0.25, 0.3) is 0 Å². The van der Waals surface area contributed by atoms with Crippen molar-refractivity contribution < 1.29 is 52.7 Å². The molecular formula is C50H50F12Si. The molecule has 2 unspecified atom stereocenters. The van der Waals surface area contributed by atoms with Crippen molar-refractivity contribution in [2.45, 2.75) is 141 Å². The molecule has 0 fully saturated rings. The Morgan fingerprint density at radius 1 is 0.444 bits per heavy atom. The molecule has 0 nitrogen and oxygen atoms in total. The zero-order valence-electron chi connectivity index (χ0n) is 36.4. The number of fused-ring (bicyclic) bond motifs is 2. The van der Waals surface area contributed by atoms with Crippen LogP contribution in [0.15, 0.2) is 71.8 Å². The van der Waals surface area contributed by atoms with Gasteiger partial charge in [0.05, 0.1) is 22.3 Å². The minimum atomic E-state index is -5.03.